The zero-order valence-electron chi connectivity index (χ0n) is 16.3. The minimum atomic E-state index is -0.625. The van der Waals surface area contributed by atoms with Crippen LogP contribution in [0.3, 0.4) is 0 Å². The van der Waals surface area contributed by atoms with Crippen LogP contribution in [0.15, 0.2) is 76.9 Å². The van der Waals surface area contributed by atoms with Crippen molar-refractivity contribution in [2.75, 3.05) is 0 Å². The fraction of sp³-hybridized carbons (Fsp3) is 0.0400. The topological polar surface area (TPSA) is 65.7 Å². The van der Waals surface area contributed by atoms with Crippen LogP contribution >= 0.6 is 11.6 Å². The van der Waals surface area contributed by atoms with Crippen molar-refractivity contribution < 1.29 is 23.5 Å². The Morgan fingerprint density at radius 1 is 1.03 bits per heavy atom. The average Bonchev–Trinajstić information content (AvgIpc) is 3.34. The van der Waals surface area contributed by atoms with Crippen molar-refractivity contribution in [3.8, 4) is 11.5 Å². The molecule has 0 bridgehead atoms. The van der Waals surface area contributed by atoms with Gasteiger partial charge in [-0.15, -0.1) is 0 Å². The van der Waals surface area contributed by atoms with E-state index in [-0.39, 0.29) is 17.3 Å². The molecule has 0 fully saturated rings. The van der Waals surface area contributed by atoms with Gasteiger partial charge in [0.25, 0.3) is 0 Å². The maximum absolute atomic E-state index is 12.7. The summed E-state index contributed by atoms with van der Waals surface area (Å²) in [6, 6.07) is 19.2. The van der Waals surface area contributed by atoms with Gasteiger partial charge in [0.1, 0.15) is 17.1 Å². The first kappa shape index (κ1) is 19.2. The second-order valence-electron chi connectivity index (χ2n) is 7.09. The van der Waals surface area contributed by atoms with Gasteiger partial charge in [0.2, 0.25) is 11.5 Å². The number of ketones is 1. The summed E-state index contributed by atoms with van der Waals surface area (Å²) in [6.45, 7) is 1.73. The Bertz CT molecular complexity index is 1350. The molecule has 0 amide bonds. The highest BCUT2D eigenvalue weighted by molar-refractivity contribution is 6.30. The molecular formula is C25H15ClO5. The van der Waals surface area contributed by atoms with E-state index in [0.29, 0.717) is 33.2 Å². The van der Waals surface area contributed by atoms with Gasteiger partial charge in [0.15, 0.2) is 5.76 Å². The zero-order chi connectivity index (χ0) is 21.5. The molecule has 0 saturated heterocycles. The summed E-state index contributed by atoms with van der Waals surface area (Å²) in [5.74, 6) is 0.108. The van der Waals surface area contributed by atoms with E-state index in [1.807, 2.05) is 18.2 Å². The van der Waals surface area contributed by atoms with Crippen LogP contribution in [-0.4, -0.2) is 11.8 Å². The lowest BCUT2D eigenvalue weighted by molar-refractivity contribution is 0.0702. The smallest absolute Gasteiger partial charge is 0.379 e. The molecule has 0 radical (unpaired) electrons. The van der Waals surface area contributed by atoms with Crippen LogP contribution in [-0.2, 0) is 0 Å². The number of carbonyl (C=O) groups excluding carboxylic acids is 2. The molecule has 2 heterocycles. The molecule has 5 rings (SSSR count). The number of rotatable bonds is 3. The number of allylic oxidation sites excluding steroid dienone is 1. The number of esters is 1. The fourth-order valence-electron chi connectivity index (χ4n) is 3.42. The Balaban J connectivity index is 1.42. The number of para-hydroxylation sites is 1. The van der Waals surface area contributed by atoms with Gasteiger partial charge in [-0.05, 0) is 55.0 Å². The standard InChI is InChI=1S/C25H15ClO5/c1-14-19(31-25(28)22-13-16-4-2-3-5-20(16)29-22)11-10-18-23(27)21(30-24(14)18)12-15-6-8-17(26)9-7-15/h2-13H,1H3/b21-12-. The lowest BCUT2D eigenvalue weighted by Gasteiger charge is -2.09. The molecule has 1 aliphatic rings. The highest BCUT2D eigenvalue weighted by atomic mass is 35.5. The van der Waals surface area contributed by atoms with E-state index in [1.54, 1.807) is 61.5 Å². The molecule has 0 spiro atoms. The second-order valence-corrected chi connectivity index (χ2v) is 7.53. The first-order valence-electron chi connectivity index (χ1n) is 9.54. The largest absolute Gasteiger partial charge is 0.452 e. The molecule has 3 aromatic carbocycles. The number of carbonyl (C=O) groups is 2. The van der Waals surface area contributed by atoms with E-state index in [0.717, 1.165) is 10.9 Å². The van der Waals surface area contributed by atoms with Crippen molar-refractivity contribution in [2.24, 2.45) is 0 Å². The van der Waals surface area contributed by atoms with E-state index in [4.69, 9.17) is 25.5 Å². The number of furan rings is 1. The van der Waals surface area contributed by atoms with Crippen molar-refractivity contribution in [1.29, 1.82) is 0 Å². The number of hydrogen-bond donors (Lipinski definition) is 0. The van der Waals surface area contributed by atoms with Crippen LogP contribution in [0.2, 0.25) is 5.02 Å². The molecule has 0 atom stereocenters. The molecule has 1 aromatic heterocycles. The summed E-state index contributed by atoms with van der Waals surface area (Å²) >= 11 is 5.91. The first-order chi connectivity index (χ1) is 15.0. The number of Topliss-reactive ketones (excluding diaryl/α,β-unsaturated/α-hetero) is 1. The summed E-state index contributed by atoms with van der Waals surface area (Å²) in [7, 11) is 0. The summed E-state index contributed by atoms with van der Waals surface area (Å²) in [6.07, 6.45) is 1.65. The molecule has 5 nitrogen and oxygen atoms in total. The second kappa shape index (κ2) is 7.45. The van der Waals surface area contributed by atoms with Crippen LogP contribution in [0, 0.1) is 6.92 Å². The van der Waals surface area contributed by atoms with E-state index < -0.39 is 5.97 Å². The van der Waals surface area contributed by atoms with Crippen molar-refractivity contribution in [2.45, 2.75) is 6.92 Å². The predicted octanol–water partition coefficient (Wildman–Crippen LogP) is 6.23. The zero-order valence-corrected chi connectivity index (χ0v) is 17.1. The minimum absolute atomic E-state index is 0.0985. The molecule has 1 aliphatic heterocycles. The molecule has 152 valence electrons. The average molecular weight is 431 g/mol. The Labute approximate surface area is 182 Å². The highest BCUT2D eigenvalue weighted by Gasteiger charge is 2.30. The fourth-order valence-corrected chi connectivity index (χ4v) is 3.55. The van der Waals surface area contributed by atoms with Gasteiger partial charge in [0, 0.05) is 16.0 Å². The van der Waals surface area contributed by atoms with Crippen LogP contribution in [0.1, 0.15) is 32.0 Å². The molecule has 0 unspecified atom stereocenters. The predicted molar refractivity (Wildman–Crippen MR) is 117 cm³/mol. The highest BCUT2D eigenvalue weighted by Crippen LogP contribution is 2.39. The molecule has 0 aliphatic carbocycles. The molecule has 31 heavy (non-hydrogen) atoms. The lowest BCUT2D eigenvalue weighted by atomic mass is 10.1. The number of ether oxygens (including phenoxy) is 2. The maximum atomic E-state index is 12.7. The van der Waals surface area contributed by atoms with Crippen LogP contribution in [0.5, 0.6) is 11.5 Å². The van der Waals surface area contributed by atoms with E-state index in [1.165, 1.54) is 0 Å². The van der Waals surface area contributed by atoms with Gasteiger partial charge in [-0.2, -0.15) is 0 Å². The van der Waals surface area contributed by atoms with Crippen LogP contribution in [0.25, 0.3) is 17.0 Å². The Kier molecular flexibility index (Phi) is 4.60. The number of fused-ring (bicyclic) bond motifs is 2. The minimum Gasteiger partial charge on any atom is -0.452 e. The quantitative estimate of drug-likeness (QED) is 0.219. The summed E-state index contributed by atoms with van der Waals surface area (Å²) in [5, 5.41) is 1.42. The lowest BCUT2D eigenvalue weighted by Crippen LogP contribution is -2.08. The van der Waals surface area contributed by atoms with E-state index >= 15 is 0 Å². The third kappa shape index (κ3) is 3.49. The normalized spacial score (nSPS) is 14.0. The molecule has 0 N–H and O–H groups in total. The van der Waals surface area contributed by atoms with Crippen molar-refractivity contribution in [3.63, 3.8) is 0 Å². The van der Waals surface area contributed by atoms with Gasteiger partial charge < -0.3 is 13.9 Å². The monoisotopic (exact) mass is 430 g/mol. The molecule has 4 aromatic rings. The first-order valence-corrected chi connectivity index (χ1v) is 9.91. The van der Waals surface area contributed by atoms with Crippen molar-refractivity contribution in [1.82, 2.24) is 0 Å². The van der Waals surface area contributed by atoms with Gasteiger partial charge in [-0.25, -0.2) is 4.79 Å². The molecular weight excluding hydrogens is 416 g/mol. The van der Waals surface area contributed by atoms with Crippen molar-refractivity contribution in [3.05, 3.63) is 100.0 Å². The van der Waals surface area contributed by atoms with Gasteiger partial charge >= 0.3 is 5.97 Å². The summed E-state index contributed by atoms with van der Waals surface area (Å²) < 4.78 is 16.9. The van der Waals surface area contributed by atoms with Gasteiger partial charge in [0.05, 0.1) is 5.56 Å². The Morgan fingerprint density at radius 3 is 2.58 bits per heavy atom. The summed E-state index contributed by atoms with van der Waals surface area (Å²) in [4.78, 5) is 25.3. The van der Waals surface area contributed by atoms with Crippen LogP contribution < -0.4 is 9.47 Å². The third-order valence-electron chi connectivity index (χ3n) is 5.03. The van der Waals surface area contributed by atoms with Gasteiger partial charge in [-0.3, -0.25) is 4.79 Å². The van der Waals surface area contributed by atoms with E-state index in [9.17, 15) is 9.59 Å². The van der Waals surface area contributed by atoms with Crippen LogP contribution in [0.4, 0.5) is 0 Å². The number of benzene rings is 3. The number of halogens is 1. The molecule has 0 saturated carbocycles. The Morgan fingerprint density at radius 2 is 1.81 bits per heavy atom. The number of hydrogen-bond acceptors (Lipinski definition) is 5. The summed E-state index contributed by atoms with van der Waals surface area (Å²) in [5.41, 5.74) is 2.36. The van der Waals surface area contributed by atoms with Crippen molar-refractivity contribution >= 4 is 40.4 Å². The van der Waals surface area contributed by atoms with Gasteiger partial charge in [-0.1, -0.05) is 41.9 Å². The maximum Gasteiger partial charge on any atom is 0.379 e. The Hall–Kier alpha value is -3.83. The third-order valence-corrected chi connectivity index (χ3v) is 5.29. The molecule has 6 heteroatoms. The SMILES string of the molecule is Cc1c(OC(=O)c2cc3ccccc3o2)ccc2c1O/C(=C\c1ccc(Cl)cc1)C2=O. The van der Waals surface area contributed by atoms with E-state index in [2.05, 4.69) is 0 Å².